The third kappa shape index (κ3) is 4.88. The van der Waals surface area contributed by atoms with Gasteiger partial charge < -0.3 is 9.88 Å². The lowest BCUT2D eigenvalue weighted by atomic mass is 10.1. The van der Waals surface area contributed by atoms with Gasteiger partial charge in [-0.3, -0.25) is 9.59 Å². The molecule has 23 heavy (non-hydrogen) atoms. The SMILES string of the molecule is CC(=O)NCCc1nnc(SCC(=O)c2ccc(F)cc2)n1C. The van der Waals surface area contributed by atoms with E-state index in [9.17, 15) is 14.0 Å². The van der Waals surface area contributed by atoms with Crippen molar-refractivity contribution in [3.63, 3.8) is 0 Å². The summed E-state index contributed by atoms with van der Waals surface area (Å²) in [5.41, 5.74) is 0.465. The van der Waals surface area contributed by atoms with Crippen LogP contribution in [0.25, 0.3) is 0 Å². The van der Waals surface area contributed by atoms with E-state index in [1.807, 2.05) is 7.05 Å². The van der Waals surface area contributed by atoms with Gasteiger partial charge in [0, 0.05) is 32.5 Å². The molecule has 0 saturated carbocycles. The van der Waals surface area contributed by atoms with Crippen molar-refractivity contribution in [2.24, 2.45) is 7.05 Å². The molecule has 0 spiro atoms. The van der Waals surface area contributed by atoms with Crippen LogP contribution in [0.2, 0.25) is 0 Å². The van der Waals surface area contributed by atoms with E-state index >= 15 is 0 Å². The summed E-state index contributed by atoms with van der Waals surface area (Å²) in [5, 5.41) is 11.4. The first-order chi connectivity index (χ1) is 11.0. The monoisotopic (exact) mass is 336 g/mol. The van der Waals surface area contributed by atoms with Crippen LogP contribution >= 0.6 is 11.8 Å². The number of benzene rings is 1. The zero-order chi connectivity index (χ0) is 16.8. The molecule has 2 rings (SSSR count). The molecule has 8 heteroatoms. The van der Waals surface area contributed by atoms with E-state index in [0.29, 0.717) is 23.7 Å². The van der Waals surface area contributed by atoms with E-state index < -0.39 is 0 Å². The zero-order valence-corrected chi connectivity index (χ0v) is 13.7. The van der Waals surface area contributed by atoms with Gasteiger partial charge in [-0.25, -0.2) is 4.39 Å². The average Bonchev–Trinajstić information content (AvgIpc) is 2.86. The van der Waals surface area contributed by atoms with E-state index in [2.05, 4.69) is 15.5 Å². The molecule has 1 aromatic carbocycles. The fraction of sp³-hybridized carbons (Fsp3) is 0.333. The van der Waals surface area contributed by atoms with Gasteiger partial charge in [-0.05, 0) is 24.3 Å². The van der Waals surface area contributed by atoms with Gasteiger partial charge in [-0.15, -0.1) is 10.2 Å². The maximum atomic E-state index is 12.8. The number of halogens is 1. The minimum absolute atomic E-state index is 0.0911. The van der Waals surface area contributed by atoms with Crippen molar-refractivity contribution < 1.29 is 14.0 Å². The maximum absolute atomic E-state index is 12.8. The lowest BCUT2D eigenvalue weighted by Gasteiger charge is -2.04. The number of ketones is 1. The number of hydrogen-bond donors (Lipinski definition) is 1. The molecule has 0 fully saturated rings. The van der Waals surface area contributed by atoms with Crippen molar-refractivity contribution in [1.82, 2.24) is 20.1 Å². The highest BCUT2D eigenvalue weighted by Gasteiger charge is 2.12. The molecule has 0 aliphatic rings. The van der Waals surface area contributed by atoms with Crippen LogP contribution in [0.15, 0.2) is 29.4 Å². The molecular formula is C15H17FN4O2S. The quantitative estimate of drug-likeness (QED) is 0.614. The minimum Gasteiger partial charge on any atom is -0.356 e. The molecule has 6 nitrogen and oxygen atoms in total. The lowest BCUT2D eigenvalue weighted by Crippen LogP contribution is -2.23. The highest BCUT2D eigenvalue weighted by molar-refractivity contribution is 7.99. The number of amides is 1. The van der Waals surface area contributed by atoms with E-state index in [4.69, 9.17) is 0 Å². The number of nitrogens with one attached hydrogen (secondary N) is 1. The Labute approximate surface area is 137 Å². The second kappa shape index (κ2) is 7.87. The molecule has 0 bridgehead atoms. The van der Waals surface area contributed by atoms with Crippen LogP contribution in [0.5, 0.6) is 0 Å². The Morgan fingerprint density at radius 2 is 1.96 bits per heavy atom. The molecule has 0 aliphatic carbocycles. The standard InChI is InChI=1S/C15H17FN4O2S/c1-10(21)17-8-7-14-18-19-15(20(14)2)23-9-13(22)11-3-5-12(16)6-4-11/h3-6H,7-9H2,1-2H3,(H,17,21). The van der Waals surface area contributed by atoms with Gasteiger partial charge in [-0.1, -0.05) is 11.8 Å². The van der Waals surface area contributed by atoms with Gasteiger partial charge in [0.05, 0.1) is 5.75 Å². The van der Waals surface area contributed by atoms with Gasteiger partial charge in [0.25, 0.3) is 0 Å². The molecule has 0 saturated heterocycles. The van der Waals surface area contributed by atoms with Crippen LogP contribution in [0.4, 0.5) is 4.39 Å². The average molecular weight is 336 g/mol. The van der Waals surface area contributed by atoms with E-state index in [1.54, 1.807) is 4.57 Å². The van der Waals surface area contributed by atoms with Crippen LogP contribution in [0.3, 0.4) is 0 Å². The van der Waals surface area contributed by atoms with E-state index in [-0.39, 0.29) is 23.3 Å². The number of thioether (sulfide) groups is 1. The molecule has 0 atom stereocenters. The number of Topliss-reactive ketones (excluding diaryl/α,β-unsaturated/α-hetero) is 1. The Bertz CT molecular complexity index is 700. The Balaban J connectivity index is 1.90. The number of hydrogen-bond acceptors (Lipinski definition) is 5. The highest BCUT2D eigenvalue weighted by atomic mass is 32.2. The molecule has 122 valence electrons. The van der Waals surface area contributed by atoms with Crippen LogP contribution in [-0.2, 0) is 18.3 Å². The van der Waals surface area contributed by atoms with Crippen LogP contribution in [0.1, 0.15) is 23.1 Å². The molecule has 0 aliphatic heterocycles. The summed E-state index contributed by atoms with van der Waals surface area (Å²) in [6.07, 6.45) is 0.565. The Hall–Kier alpha value is -2.22. The van der Waals surface area contributed by atoms with E-state index in [0.717, 1.165) is 5.82 Å². The molecule has 2 aromatic rings. The van der Waals surface area contributed by atoms with Gasteiger partial charge in [0.2, 0.25) is 5.91 Å². The largest absolute Gasteiger partial charge is 0.356 e. The number of carbonyl (C=O) groups is 2. The van der Waals surface area contributed by atoms with Crippen LogP contribution in [0, 0.1) is 5.82 Å². The number of nitrogens with zero attached hydrogens (tertiary/aromatic N) is 3. The molecular weight excluding hydrogens is 319 g/mol. The predicted molar refractivity (Wildman–Crippen MR) is 84.8 cm³/mol. The molecule has 1 aromatic heterocycles. The molecule has 1 heterocycles. The van der Waals surface area contributed by atoms with Crippen molar-refractivity contribution in [2.75, 3.05) is 12.3 Å². The first-order valence-electron chi connectivity index (χ1n) is 7.01. The van der Waals surface area contributed by atoms with Gasteiger partial charge >= 0.3 is 0 Å². The molecule has 0 radical (unpaired) electrons. The summed E-state index contributed by atoms with van der Waals surface area (Å²) in [7, 11) is 1.81. The summed E-state index contributed by atoms with van der Waals surface area (Å²) in [6.45, 7) is 1.94. The zero-order valence-electron chi connectivity index (χ0n) is 12.9. The predicted octanol–water partition coefficient (Wildman–Crippen LogP) is 1.61. The maximum Gasteiger partial charge on any atom is 0.216 e. The Morgan fingerprint density at radius 1 is 1.26 bits per heavy atom. The van der Waals surface area contributed by atoms with Crippen molar-refractivity contribution >= 4 is 23.5 Å². The lowest BCUT2D eigenvalue weighted by molar-refractivity contribution is -0.118. The van der Waals surface area contributed by atoms with Crippen molar-refractivity contribution in [1.29, 1.82) is 0 Å². The summed E-state index contributed by atoms with van der Waals surface area (Å²) in [4.78, 5) is 22.9. The van der Waals surface area contributed by atoms with Crippen molar-refractivity contribution in [2.45, 2.75) is 18.5 Å². The number of rotatable bonds is 7. The third-order valence-electron chi connectivity index (χ3n) is 3.15. The summed E-state index contributed by atoms with van der Waals surface area (Å²) < 4.78 is 14.6. The second-order valence-corrected chi connectivity index (χ2v) is 5.85. The highest BCUT2D eigenvalue weighted by Crippen LogP contribution is 2.17. The van der Waals surface area contributed by atoms with Crippen molar-refractivity contribution in [3.8, 4) is 0 Å². The fourth-order valence-corrected chi connectivity index (χ4v) is 2.71. The van der Waals surface area contributed by atoms with E-state index in [1.165, 1.54) is 43.0 Å². The summed E-state index contributed by atoms with van der Waals surface area (Å²) in [5.74, 6) is 0.370. The molecule has 1 N–H and O–H groups in total. The first kappa shape index (κ1) is 17.1. The van der Waals surface area contributed by atoms with Crippen LogP contribution < -0.4 is 5.32 Å². The Morgan fingerprint density at radius 3 is 2.61 bits per heavy atom. The van der Waals surface area contributed by atoms with Gasteiger partial charge in [0.1, 0.15) is 11.6 Å². The van der Waals surface area contributed by atoms with Gasteiger partial charge in [0.15, 0.2) is 10.9 Å². The van der Waals surface area contributed by atoms with Gasteiger partial charge in [-0.2, -0.15) is 0 Å². The van der Waals surface area contributed by atoms with Crippen LogP contribution in [-0.4, -0.2) is 38.8 Å². The normalized spacial score (nSPS) is 10.6. The smallest absolute Gasteiger partial charge is 0.216 e. The summed E-state index contributed by atoms with van der Waals surface area (Å²) in [6, 6.07) is 5.46. The molecule has 0 unspecified atom stereocenters. The Kier molecular flexibility index (Phi) is 5.86. The summed E-state index contributed by atoms with van der Waals surface area (Å²) >= 11 is 1.27. The number of carbonyl (C=O) groups excluding carboxylic acids is 2. The fourth-order valence-electron chi connectivity index (χ4n) is 1.89. The van der Waals surface area contributed by atoms with Crippen molar-refractivity contribution in [3.05, 3.63) is 41.5 Å². The first-order valence-corrected chi connectivity index (χ1v) is 8.00. The number of aromatic nitrogens is 3. The molecule has 1 amide bonds. The third-order valence-corrected chi connectivity index (χ3v) is 4.17. The second-order valence-electron chi connectivity index (χ2n) is 4.91. The topological polar surface area (TPSA) is 76.9 Å². The minimum atomic E-state index is -0.369.